The number of hydrogen-bond donors (Lipinski definition) is 1. The molecule has 2 N–H and O–H groups in total. The summed E-state index contributed by atoms with van der Waals surface area (Å²) in [6.07, 6.45) is 0. The van der Waals surface area contributed by atoms with E-state index in [4.69, 9.17) is 22.1 Å². The van der Waals surface area contributed by atoms with E-state index in [2.05, 4.69) is 4.74 Å². The Hall–Kier alpha value is -1.56. The smallest absolute Gasteiger partial charge is 0.387 e. The molecule has 0 atom stereocenters. The van der Waals surface area contributed by atoms with Crippen LogP contribution in [0.4, 0.5) is 14.5 Å². The van der Waals surface area contributed by atoms with Crippen LogP contribution in [0.2, 0.25) is 5.02 Å². The Morgan fingerprint density at radius 2 is 2.18 bits per heavy atom. The third-order valence-corrected chi connectivity index (χ3v) is 2.26. The van der Waals surface area contributed by atoms with Gasteiger partial charge in [-0.1, -0.05) is 11.6 Å². The molecule has 0 unspecified atom stereocenters. The maximum Gasteiger partial charge on any atom is 0.387 e. The summed E-state index contributed by atoms with van der Waals surface area (Å²) in [5.74, 6) is -0.953. The summed E-state index contributed by atoms with van der Waals surface area (Å²) in [6.45, 7) is -1.21. The van der Waals surface area contributed by atoms with E-state index >= 15 is 0 Å². The van der Waals surface area contributed by atoms with Crippen molar-refractivity contribution in [1.82, 2.24) is 0 Å². The van der Waals surface area contributed by atoms with Crippen LogP contribution in [-0.4, -0.2) is 19.2 Å². The van der Waals surface area contributed by atoms with Gasteiger partial charge in [-0.2, -0.15) is 8.78 Å². The fraction of sp³-hybridized carbons (Fsp3) is 0.300. The predicted octanol–water partition coefficient (Wildman–Crippen LogP) is 2.70. The van der Waals surface area contributed by atoms with Gasteiger partial charge in [0.05, 0.1) is 22.9 Å². The monoisotopic (exact) mass is 265 g/mol. The first-order valence-electron chi connectivity index (χ1n) is 4.67. The first-order valence-corrected chi connectivity index (χ1v) is 5.05. The van der Waals surface area contributed by atoms with Crippen molar-refractivity contribution in [2.75, 3.05) is 12.3 Å². The zero-order valence-electron chi connectivity index (χ0n) is 8.88. The molecule has 0 radical (unpaired) electrons. The molecular weight excluding hydrogens is 256 g/mol. The number of anilines is 1. The van der Waals surface area contributed by atoms with Crippen molar-refractivity contribution in [2.45, 2.75) is 13.5 Å². The number of carbonyl (C=O) groups is 1. The standard InChI is InChI=1S/C10H10ClF2NO3/c1-2-16-9(15)5-3-4-6(17-10(12)13)8(14)7(5)11/h3-4,10H,2,14H2,1H3. The van der Waals surface area contributed by atoms with Crippen LogP contribution in [0.25, 0.3) is 0 Å². The van der Waals surface area contributed by atoms with Crippen LogP contribution >= 0.6 is 11.6 Å². The van der Waals surface area contributed by atoms with E-state index in [1.165, 1.54) is 6.07 Å². The molecule has 0 spiro atoms. The second-order valence-electron chi connectivity index (χ2n) is 2.94. The largest absolute Gasteiger partial charge is 0.462 e. The van der Waals surface area contributed by atoms with Gasteiger partial charge in [-0.25, -0.2) is 4.79 Å². The molecule has 1 aromatic rings. The minimum absolute atomic E-state index is 0.00707. The molecule has 4 nitrogen and oxygen atoms in total. The molecule has 17 heavy (non-hydrogen) atoms. The number of nitrogen functional groups attached to an aromatic ring is 1. The van der Waals surface area contributed by atoms with Crippen LogP contribution in [0.15, 0.2) is 12.1 Å². The van der Waals surface area contributed by atoms with Crippen molar-refractivity contribution in [3.8, 4) is 5.75 Å². The lowest BCUT2D eigenvalue weighted by Gasteiger charge is -2.11. The first-order chi connectivity index (χ1) is 7.97. The fourth-order valence-corrected chi connectivity index (χ4v) is 1.37. The van der Waals surface area contributed by atoms with Crippen molar-refractivity contribution in [2.24, 2.45) is 0 Å². The van der Waals surface area contributed by atoms with Gasteiger partial charge in [0.25, 0.3) is 0 Å². The Morgan fingerprint density at radius 1 is 1.53 bits per heavy atom. The van der Waals surface area contributed by atoms with E-state index in [1.807, 2.05) is 0 Å². The molecule has 0 amide bonds. The maximum absolute atomic E-state index is 12.0. The highest BCUT2D eigenvalue weighted by Crippen LogP contribution is 2.33. The van der Waals surface area contributed by atoms with Gasteiger partial charge < -0.3 is 15.2 Å². The van der Waals surface area contributed by atoms with E-state index < -0.39 is 12.6 Å². The average molecular weight is 266 g/mol. The van der Waals surface area contributed by atoms with Gasteiger partial charge in [-0.15, -0.1) is 0 Å². The Balaban J connectivity index is 3.06. The Kier molecular flexibility index (Phi) is 4.51. The number of rotatable bonds is 4. The highest BCUT2D eigenvalue weighted by atomic mass is 35.5. The number of hydrogen-bond acceptors (Lipinski definition) is 4. The van der Waals surface area contributed by atoms with Crippen molar-refractivity contribution in [3.63, 3.8) is 0 Å². The van der Waals surface area contributed by atoms with E-state index in [1.54, 1.807) is 6.92 Å². The van der Waals surface area contributed by atoms with Crippen LogP contribution in [0, 0.1) is 0 Å². The molecule has 0 saturated heterocycles. The molecule has 0 bridgehead atoms. The minimum Gasteiger partial charge on any atom is -0.462 e. The van der Waals surface area contributed by atoms with E-state index in [-0.39, 0.29) is 28.6 Å². The van der Waals surface area contributed by atoms with Gasteiger partial charge in [0.2, 0.25) is 0 Å². The van der Waals surface area contributed by atoms with Crippen molar-refractivity contribution in [3.05, 3.63) is 22.7 Å². The minimum atomic E-state index is -3.01. The molecule has 0 aliphatic rings. The van der Waals surface area contributed by atoms with E-state index in [9.17, 15) is 13.6 Å². The van der Waals surface area contributed by atoms with E-state index in [0.29, 0.717) is 0 Å². The number of nitrogens with two attached hydrogens (primary N) is 1. The highest BCUT2D eigenvalue weighted by molar-refractivity contribution is 6.36. The number of alkyl halides is 2. The van der Waals surface area contributed by atoms with Crippen LogP contribution in [0.3, 0.4) is 0 Å². The Bertz CT molecular complexity index is 426. The second-order valence-corrected chi connectivity index (χ2v) is 3.32. The molecule has 0 aliphatic heterocycles. The topological polar surface area (TPSA) is 61.5 Å². The summed E-state index contributed by atoms with van der Waals surface area (Å²) in [5, 5.41) is -0.165. The molecule has 0 aliphatic carbocycles. The summed E-state index contributed by atoms with van der Waals surface area (Å²) < 4.78 is 32.8. The normalized spacial score (nSPS) is 10.4. The quantitative estimate of drug-likeness (QED) is 0.672. The van der Waals surface area contributed by atoms with Crippen LogP contribution in [0.1, 0.15) is 17.3 Å². The first kappa shape index (κ1) is 13.5. The second kappa shape index (κ2) is 5.67. The van der Waals surface area contributed by atoms with Crippen molar-refractivity contribution < 1.29 is 23.0 Å². The Labute approximate surface area is 101 Å². The van der Waals surface area contributed by atoms with Crippen LogP contribution in [0.5, 0.6) is 5.75 Å². The summed E-state index contributed by atoms with van der Waals surface area (Å²) in [7, 11) is 0. The number of benzene rings is 1. The van der Waals surface area contributed by atoms with Crippen molar-refractivity contribution in [1.29, 1.82) is 0 Å². The molecule has 1 aromatic carbocycles. The lowest BCUT2D eigenvalue weighted by molar-refractivity contribution is -0.0493. The van der Waals surface area contributed by atoms with Gasteiger partial charge in [0.15, 0.2) is 5.75 Å². The van der Waals surface area contributed by atoms with Crippen LogP contribution < -0.4 is 10.5 Å². The highest BCUT2D eigenvalue weighted by Gasteiger charge is 2.18. The molecule has 94 valence electrons. The van der Waals surface area contributed by atoms with Gasteiger partial charge in [-0.3, -0.25) is 0 Å². The molecule has 0 heterocycles. The predicted molar refractivity (Wildman–Crippen MR) is 58.5 cm³/mol. The molecule has 0 saturated carbocycles. The zero-order chi connectivity index (χ0) is 13.0. The molecule has 0 fully saturated rings. The van der Waals surface area contributed by atoms with Gasteiger partial charge in [0, 0.05) is 0 Å². The lowest BCUT2D eigenvalue weighted by Crippen LogP contribution is -2.09. The summed E-state index contributed by atoms with van der Waals surface area (Å²) >= 11 is 5.76. The average Bonchev–Trinajstić information content (AvgIpc) is 2.24. The summed E-state index contributed by atoms with van der Waals surface area (Å²) in [6, 6.07) is 2.36. The SMILES string of the molecule is CCOC(=O)c1ccc(OC(F)F)c(N)c1Cl. The molecule has 0 aromatic heterocycles. The number of esters is 1. The fourth-order valence-electron chi connectivity index (χ4n) is 1.14. The van der Waals surface area contributed by atoms with Gasteiger partial charge >= 0.3 is 12.6 Å². The maximum atomic E-state index is 12.0. The zero-order valence-corrected chi connectivity index (χ0v) is 9.63. The molecule has 7 heteroatoms. The number of halogens is 3. The molecule has 1 rings (SSSR count). The number of carbonyl (C=O) groups excluding carboxylic acids is 1. The third-order valence-electron chi connectivity index (χ3n) is 1.85. The van der Waals surface area contributed by atoms with Gasteiger partial charge in [0.1, 0.15) is 0 Å². The van der Waals surface area contributed by atoms with E-state index in [0.717, 1.165) is 6.07 Å². The third kappa shape index (κ3) is 3.20. The van der Waals surface area contributed by atoms with Gasteiger partial charge in [-0.05, 0) is 19.1 Å². The summed E-state index contributed by atoms with van der Waals surface area (Å²) in [5.41, 5.74) is 5.25. The lowest BCUT2D eigenvalue weighted by atomic mass is 10.2. The van der Waals surface area contributed by atoms with Crippen LogP contribution in [-0.2, 0) is 4.74 Å². The molecular formula is C10H10ClF2NO3. The van der Waals surface area contributed by atoms with Crippen molar-refractivity contribution >= 4 is 23.3 Å². The Morgan fingerprint density at radius 3 is 2.71 bits per heavy atom. The summed E-state index contributed by atoms with van der Waals surface area (Å²) in [4.78, 5) is 11.4. The number of ether oxygens (including phenoxy) is 2.